The van der Waals surface area contributed by atoms with E-state index in [2.05, 4.69) is 0 Å². The minimum Gasteiger partial charge on any atom is -0.480 e. The quantitative estimate of drug-likeness (QED) is 0.878. The molecule has 0 saturated carbocycles. The number of aryl methyl sites for hydroxylation is 2. The van der Waals surface area contributed by atoms with E-state index in [4.69, 9.17) is 9.84 Å². The van der Waals surface area contributed by atoms with Crippen LogP contribution in [-0.4, -0.2) is 47.7 Å². The number of carboxylic acid groups (broad SMARTS) is 1. The number of aliphatic carboxylic acids is 1. The Balaban J connectivity index is 2.26. The summed E-state index contributed by atoms with van der Waals surface area (Å²) in [6, 6.07) is 0.933. The van der Waals surface area contributed by atoms with Crippen molar-refractivity contribution < 1.29 is 19.4 Å². The van der Waals surface area contributed by atoms with Crippen molar-refractivity contribution in [2.45, 2.75) is 19.9 Å². The van der Waals surface area contributed by atoms with Crippen molar-refractivity contribution >= 4 is 23.2 Å². The second-order valence-electron chi connectivity index (χ2n) is 4.25. The lowest BCUT2D eigenvalue weighted by atomic mass is 10.1. The summed E-state index contributed by atoms with van der Waals surface area (Å²) >= 11 is 1.54. The molecular formula is C12H15NO4S. The van der Waals surface area contributed by atoms with Crippen LogP contribution in [0.4, 0.5) is 0 Å². The van der Waals surface area contributed by atoms with E-state index in [0.29, 0.717) is 18.7 Å². The number of hydrogen-bond acceptors (Lipinski definition) is 4. The SMILES string of the molecule is Cc1cc(C(=O)N2CCOC[C@H]2C(=O)O)c(C)s1. The predicted octanol–water partition coefficient (Wildman–Crippen LogP) is 1.29. The first-order chi connectivity index (χ1) is 8.50. The van der Waals surface area contributed by atoms with Gasteiger partial charge in [-0.3, -0.25) is 4.79 Å². The maximum atomic E-state index is 12.4. The fourth-order valence-corrected chi connectivity index (χ4v) is 2.97. The molecule has 0 aromatic carbocycles. The molecule has 0 radical (unpaired) electrons. The number of amides is 1. The smallest absolute Gasteiger partial charge is 0.328 e. The van der Waals surface area contributed by atoms with Gasteiger partial charge in [-0.25, -0.2) is 4.79 Å². The molecule has 5 nitrogen and oxygen atoms in total. The van der Waals surface area contributed by atoms with E-state index in [9.17, 15) is 9.59 Å². The highest BCUT2D eigenvalue weighted by Crippen LogP contribution is 2.23. The molecule has 0 aliphatic carbocycles. The highest BCUT2D eigenvalue weighted by atomic mass is 32.1. The Kier molecular flexibility index (Phi) is 3.68. The molecule has 2 rings (SSSR count). The second-order valence-corrected chi connectivity index (χ2v) is 5.71. The molecule has 0 spiro atoms. The van der Waals surface area contributed by atoms with Crippen LogP contribution < -0.4 is 0 Å². The van der Waals surface area contributed by atoms with Crippen molar-refractivity contribution in [3.05, 3.63) is 21.4 Å². The first kappa shape index (κ1) is 13.0. The van der Waals surface area contributed by atoms with Gasteiger partial charge < -0.3 is 14.7 Å². The molecule has 1 fully saturated rings. The van der Waals surface area contributed by atoms with Crippen LogP contribution in [-0.2, 0) is 9.53 Å². The minimum atomic E-state index is -1.02. The summed E-state index contributed by atoms with van der Waals surface area (Å²) in [5.41, 5.74) is 0.602. The van der Waals surface area contributed by atoms with Gasteiger partial charge in [0.2, 0.25) is 0 Å². The molecule has 1 aromatic rings. The zero-order chi connectivity index (χ0) is 13.3. The van der Waals surface area contributed by atoms with E-state index in [-0.39, 0.29) is 12.5 Å². The molecule has 1 aliphatic heterocycles. The van der Waals surface area contributed by atoms with E-state index in [1.54, 1.807) is 11.3 Å². The number of morpholine rings is 1. The third-order valence-electron chi connectivity index (χ3n) is 2.95. The normalized spacial score (nSPS) is 19.9. The van der Waals surface area contributed by atoms with Gasteiger partial charge in [0, 0.05) is 16.3 Å². The van der Waals surface area contributed by atoms with Crippen LogP contribution in [0.3, 0.4) is 0 Å². The van der Waals surface area contributed by atoms with E-state index in [1.165, 1.54) is 4.90 Å². The molecule has 1 amide bonds. The van der Waals surface area contributed by atoms with Crippen LogP contribution in [0.2, 0.25) is 0 Å². The lowest BCUT2D eigenvalue weighted by Gasteiger charge is -2.32. The van der Waals surface area contributed by atoms with E-state index < -0.39 is 12.0 Å². The maximum absolute atomic E-state index is 12.4. The second kappa shape index (κ2) is 5.07. The lowest BCUT2D eigenvalue weighted by molar-refractivity contribution is -0.147. The van der Waals surface area contributed by atoms with Crippen molar-refractivity contribution in [2.24, 2.45) is 0 Å². The van der Waals surface area contributed by atoms with E-state index in [0.717, 1.165) is 9.75 Å². The largest absolute Gasteiger partial charge is 0.480 e. The van der Waals surface area contributed by atoms with Crippen molar-refractivity contribution in [1.29, 1.82) is 0 Å². The van der Waals surface area contributed by atoms with Crippen LogP contribution in [0.1, 0.15) is 20.1 Å². The Hall–Kier alpha value is -1.40. The molecule has 1 N–H and O–H groups in total. The summed E-state index contributed by atoms with van der Waals surface area (Å²) in [4.78, 5) is 26.8. The zero-order valence-electron chi connectivity index (χ0n) is 10.3. The first-order valence-corrected chi connectivity index (χ1v) is 6.51. The summed E-state index contributed by atoms with van der Waals surface area (Å²) in [5.74, 6) is -1.24. The lowest BCUT2D eigenvalue weighted by Crippen LogP contribution is -2.52. The van der Waals surface area contributed by atoms with Gasteiger partial charge in [-0.2, -0.15) is 0 Å². The van der Waals surface area contributed by atoms with Gasteiger partial charge in [0.05, 0.1) is 18.8 Å². The topological polar surface area (TPSA) is 66.8 Å². The molecule has 1 atom stereocenters. The molecule has 1 aliphatic rings. The minimum absolute atomic E-state index is 0.0588. The first-order valence-electron chi connectivity index (χ1n) is 5.69. The number of carbonyl (C=O) groups is 2. The molecular weight excluding hydrogens is 254 g/mol. The number of rotatable bonds is 2. The third kappa shape index (κ3) is 2.39. The number of nitrogens with zero attached hydrogens (tertiary/aromatic N) is 1. The Morgan fingerprint density at radius 3 is 2.78 bits per heavy atom. The fourth-order valence-electron chi connectivity index (χ4n) is 2.05. The number of hydrogen-bond donors (Lipinski definition) is 1. The van der Waals surface area contributed by atoms with Gasteiger partial charge in [-0.05, 0) is 19.9 Å². The Labute approximate surface area is 109 Å². The van der Waals surface area contributed by atoms with Gasteiger partial charge in [-0.1, -0.05) is 0 Å². The fraction of sp³-hybridized carbons (Fsp3) is 0.500. The molecule has 6 heteroatoms. The van der Waals surface area contributed by atoms with Crippen molar-refractivity contribution in [2.75, 3.05) is 19.8 Å². The van der Waals surface area contributed by atoms with Crippen LogP contribution in [0.15, 0.2) is 6.07 Å². The van der Waals surface area contributed by atoms with Gasteiger partial charge in [0.15, 0.2) is 6.04 Å². The maximum Gasteiger partial charge on any atom is 0.328 e. The van der Waals surface area contributed by atoms with Crippen molar-refractivity contribution in [3.8, 4) is 0 Å². The number of carboxylic acids is 1. The van der Waals surface area contributed by atoms with Crippen molar-refractivity contribution in [1.82, 2.24) is 4.90 Å². The number of carbonyl (C=O) groups excluding carboxylic acids is 1. The van der Waals surface area contributed by atoms with E-state index in [1.807, 2.05) is 19.9 Å². The average Bonchev–Trinajstić information content (AvgIpc) is 2.67. The molecule has 18 heavy (non-hydrogen) atoms. The van der Waals surface area contributed by atoms with Gasteiger partial charge in [0.1, 0.15) is 0 Å². The highest BCUT2D eigenvalue weighted by molar-refractivity contribution is 7.12. The monoisotopic (exact) mass is 269 g/mol. The van der Waals surface area contributed by atoms with Crippen molar-refractivity contribution in [3.63, 3.8) is 0 Å². The Bertz CT molecular complexity index is 482. The molecule has 1 saturated heterocycles. The Morgan fingerprint density at radius 2 is 2.22 bits per heavy atom. The molecule has 0 bridgehead atoms. The summed E-state index contributed by atoms with van der Waals surface area (Å²) in [5, 5.41) is 9.11. The standard InChI is InChI=1S/C12H15NO4S/c1-7-5-9(8(2)18-7)11(14)13-3-4-17-6-10(13)12(15)16/h5,10H,3-4,6H2,1-2H3,(H,15,16)/t10-/m0/s1. The van der Waals surface area contributed by atoms with Crippen LogP contribution in [0.5, 0.6) is 0 Å². The van der Waals surface area contributed by atoms with Crippen LogP contribution >= 0.6 is 11.3 Å². The zero-order valence-corrected chi connectivity index (χ0v) is 11.1. The highest BCUT2D eigenvalue weighted by Gasteiger charge is 2.34. The van der Waals surface area contributed by atoms with Gasteiger partial charge in [-0.15, -0.1) is 11.3 Å². The summed E-state index contributed by atoms with van der Waals surface area (Å²) < 4.78 is 5.12. The third-order valence-corrected chi connectivity index (χ3v) is 3.91. The number of thiophene rings is 1. The summed E-state index contributed by atoms with van der Waals surface area (Å²) in [6.45, 7) is 4.58. The number of ether oxygens (including phenoxy) is 1. The predicted molar refractivity (Wildman–Crippen MR) is 67.1 cm³/mol. The van der Waals surface area contributed by atoms with Gasteiger partial charge >= 0.3 is 5.97 Å². The summed E-state index contributed by atoms with van der Waals surface area (Å²) in [6.07, 6.45) is 0. The van der Waals surface area contributed by atoms with Crippen LogP contribution in [0.25, 0.3) is 0 Å². The van der Waals surface area contributed by atoms with E-state index >= 15 is 0 Å². The van der Waals surface area contributed by atoms with Crippen LogP contribution in [0, 0.1) is 13.8 Å². The molecule has 1 aromatic heterocycles. The Morgan fingerprint density at radius 1 is 1.50 bits per heavy atom. The summed E-state index contributed by atoms with van der Waals surface area (Å²) in [7, 11) is 0. The molecule has 0 unspecified atom stereocenters. The average molecular weight is 269 g/mol. The molecule has 98 valence electrons. The molecule has 2 heterocycles. The van der Waals surface area contributed by atoms with Gasteiger partial charge in [0.25, 0.3) is 5.91 Å².